The summed E-state index contributed by atoms with van der Waals surface area (Å²) in [6.45, 7) is 2.94. The van der Waals surface area contributed by atoms with Gasteiger partial charge in [0.05, 0.1) is 0 Å². The highest BCUT2D eigenvalue weighted by Gasteiger charge is 2.11. The van der Waals surface area contributed by atoms with E-state index in [-0.39, 0.29) is 11.5 Å². The Morgan fingerprint density at radius 3 is 2.53 bits per heavy atom. The fourth-order valence-corrected chi connectivity index (χ4v) is 3.53. The monoisotopic (exact) mass is 488 g/mol. The number of carbonyl (C=O) groups is 1. The average molecular weight is 489 g/mol. The van der Waals surface area contributed by atoms with E-state index in [1.54, 1.807) is 6.08 Å². The molecular weight excluding hydrogens is 464 g/mol. The minimum Gasteiger partial charge on any atom is -0.488 e. The van der Waals surface area contributed by atoms with Crippen LogP contribution in [-0.2, 0) is 17.8 Å². The Hall–Kier alpha value is -3.36. The largest absolute Gasteiger partial charge is 0.488 e. The lowest BCUT2D eigenvalue weighted by molar-refractivity contribution is -0.117. The zero-order valence-corrected chi connectivity index (χ0v) is 19.6. The molecule has 0 aliphatic carbocycles. The molecule has 0 heterocycles. The number of benzene rings is 3. The molecule has 1 amide bonds. The van der Waals surface area contributed by atoms with Crippen molar-refractivity contribution in [1.82, 2.24) is 5.32 Å². The lowest BCUT2D eigenvalue weighted by atomic mass is 10.1. The van der Waals surface area contributed by atoms with Crippen LogP contribution in [0.4, 0.5) is 0 Å². The van der Waals surface area contributed by atoms with Gasteiger partial charge in [0.15, 0.2) is 0 Å². The number of hydrogen-bond donors (Lipinski definition) is 1. The molecule has 0 aliphatic heterocycles. The third-order valence-corrected chi connectivity index (χ3v) is 5.42. The van der Waals surface area contributed by atoms with Crippen LogP contribution in [0, 0.1) is 18.3 Å². The number of hydrogen-bond acceptors (Lipinski definition) is 3. The van der Waals surface area contributed by atoms with Gasteiger partial charge in [0.2, 0.25) is 0 Å². The van der Waals surface area contributed by atoms with Gasteiger partial charge in [0, 0.05) is 16.6 Å². The van der Waals surface area contributed by atoms with Gasteiger partial charge in [-0.05, 0) is 55.2 Å². The number of aryl methyl sites for hydroxylation is 2. The standard InChI is InChI=1S/C27H25BrN2O2/c1-20-9-11-22(12-10-20)19-32-26-14-13-25(28)17-23(26)16-24(18-29)27(31)30-15-5-8-21-6-3-2-4-7-21/h2-4,6-7,9-14,16-17H,5,8,15,19H2,1H3,(H,30,31)/b24-16-. The van der Waals surface area contributed by atoms with E-state index in [0.717, 1.165) is 22.9 Å². The van der Waals surface area contributed by atoms with Crippen LogP contribution in [0.25, 0.3) is 6.08 Å². The molecule has 0 saturated heterocycles. The normalized spacial score (nSPS) is 11.0. The second kappa shape index (κ2) is 11.9. The first-order valence-electron chi connectivity index (χ1n) is 10.5. The molecule has 3 aromatic carbocycles. The topological polar surface area (TPSA) is 62.1 Å². The summed E-state index contributed by atoms with van der Waals surface area (Å²) in [4.78, 5) is 12.5. The van der Waals surface area contributed by atoms with E-state index < -0.39 is 0 Å². The van der Waals surface area contributed by atoms with Crippen LogP contribution in [0.2, 0.25) is 0 Å². The predicted molar refractivity (Wildman–Crippen MR) is 131 cm³/mol. The van der Waals surface area contributed by atoms with Gasteiger partial charge in [-0.2, -0.15) is 5.26 Å². The van der Waals surface area contributed by atoms with Crippen LogP contribution in [-0.4, -0.2) is 12.5 Å². The van der Waals surface area contributed by atoms with Gasteiger partial charge < -0.3 is 10.1 Å². The molecule has 0 atom stereocenters. The minimum absolute atomic E-state index is 0.0444. The third kappa shape index (κ3) is 7.11. The van der Waals surface area contributed by atoms with Crippen molar-refractivity contribution in [2.24, 2.45) is 0 Å². The molecule has 3 aromatic rings. The van der Waals surface area contributed by atoms with Gasteiger partial charge in [-0.25, -0.2) is 0 Å². The maximum atomic E-state index is 12.5. The summed E-state index contributed by atoms with van der Waals surface area (Å²) in [5.74, 6) is 0.225. The van der Waals surface area contributed by atoms with Crippen LogP contribution in [0.1, 0.15) is 28.7 Å². The van der Waals surface area contributed by atoms with E-state index in [4.69, 9.17) is 4.74 Å². The first-order chi connectivity index (χ1) is 15.5. The highest BCUT2D eigenvalue weighted by Crippen LogP contribution is 2.26. The van der Waals surface area contributed by atoms with Crippen molar-refractivity contribution in [3.63, 3.8) is 0 Å². The summed E-state index contributed by atoms with van der Waals surface area (Å²) in [5.41, 5.74) is 4.17. The van der Waals surface area contributed by atoms with E-state index in [0.29, 0.717) is 24.5 Å². The molecule has 0 unspecified atom stereocenters. The lowest BCUT2D eigenvalue weighted by Gasteiger charge is -2.11. The van der Waals surface area contributed by atoms with Crippen molar-refractivity contribution < 1.29 is 9.53 Å². The zero-order chi connectivity index (χ0) is 22.8. The van der Waals surface area contributed by atoms with E-state index in [1.165, 1.54) is 11.1 Å². The van der Waals surface area contributed by atoms with Gasteiger partial charge in [-0.3, -0.25) is 4.79 Å². The van der Waals surface area contributed by atoms with Crippen LogP contribution in [0.3, 0.4) is 0 Å². The summed E-state index contributed by atoms with van der Waals surface area (Å²) in [6, 6.07) is 25.8. The molecule has 0 aliphatic rings. The second-order valence-corrected chi connectivity index (χ2v) is 8.39. The van der Waals surface area contributed by atoms with Crippen molar-refractivity contribution in [2.75, 3.05) is 6.54 Å². The minimum atomic E-state index is -0.384. The Kier molecular flexibility index (Phi) is 8.65. The Labute approximate surface area is 197 Å². The summed E-state index contributed by atoms with van der Waals surface area (Å²) >= 11 is 3.45. The molecule has 0 aromatic heterocycles. The molecule has 4 nitrogen and oxygen atoms in total. The molecular formula is C27H25BrN2O2. The number of rotatable bonds is 9. The first kappa shape index (κ1) is 23.3. The number of halogens is 1. The molecule has 32 heavy (non-hydrogen) atoms. The maximum absolute atomic E-state index is 12.5. The lowest BCUT2D eigenvalue weighted by Crippen LogP contribution is -2.25. The average Bonchev–Trinajstić information content (AvgIpc) is 2.81. The summed E-state index contributed by atoms with van der Waals surface area (Å²) < 4.78 is 6.82. The Morgan fingerprint density at radius 1 is 1.06 bits per heavy atom. The summed E-state index contributed by atoms with van der Waals surface area (Å²) in [6.07, 6.45) is 3.24. The van der Waals surface area contributed by atoms with Crippen molar-refractivity contribution >= 4 is 27.9 Å². The van der Waals surface area contributed by atoms with Crippen LogP contribution in [0.5, 0.6) is 5.75 Å². The molecule has 5 heteroatoms. The quantitative estimate of drug-likeness (QED) is 0.228. The number of carbonyl (C=O) groups excluding carboxylic acids is 1. The van der Waals surface area contributed by atoms with Crippen molar-refractivity contribution in [2.45, 2.75) is 26.4 Å². The first-order valence-corrected chi connectivity index (χ1v) is 11.3. The van der Waals surface area contributed by atoms with Gasteiger partial charge >= 0.3 is 0 Å². The van der Waals surface area contributed by atoms with Crippen molar-refractivity contribution in [3.05, 3.63) is 105 Å². The number of ether oxygens (including phenoxy) is 1. The summed E-state index contributed by atoms with van der Waals surface area (Å²) in [5, 5.41) is 12.4. The number of nitrogens with zero attached hydrogens (tertiary/aromatic N) is 1. The molecule has 0 spiro atoms. The second-order valence-electron chi connectivity index (χ2n) is 7.47. The van der Waals surface area contributed by atoms with Crippen molar-refractivity contribution in [1.29, 1.82) is 5.26 Å². The smallest absolute Gasteiger partial charge is 0.261 e. The molecule has 0 bridgehead atoms. The zero-order valence-electron chi connectivity index (χ0n) is 18.0. The molecule has 162 valence electrons. The van der Waals surface area contributed by atoms with Crippen LogP contribution < -0.4 is 10.1 Å². The molecule has 1 N–H and O–H groups in total. The van der Waals surface area contributed by atoms with E-state index >= 15 is 0 Å². The van der Waals surface area contributed by atoms with E-state index in [1.807, 2.05) is 73.7 Å². The SMILES string of the molecule is Cc1ccc(COc2ccc(Br)cc2/C=C(/C#N)C(=O)NCCCc2ccccc2)cc1. The summed E-state index contributed by atoms with van der Waals surface area (Å²) in [7, 11) is 0. The highest BCUT2D eigenvalue weighted by molar-refractivity contribution is 9.10. The van der Waals surface area contributed by atoms with E-state index in [9.17, 15) is 10.1 Å². The van der Waals surface area contributed by atoms with Gasteiger partial charge in [0.25, 0.3) is 5.91 Å². The Morgan fingerprint density at radius 2 is 1.81 bits per heavy atom. The number of amides is 1. The van der Waals surface area contributed by atoms with Crippen molar-refractivity contribution in [3.8, 4) is 11.8 Å². The number of nitrogens with one attached hydrogen (secondary N) is 1. The van der Waals surface area contributed by atoms with Crippen LogP contribution in [0.15, 0.2) is 82.8 Å². The molecule has 3 rings (SSSR count). The van der Waals surface area contributed by atoms with Gasteiger partial charge in [0.1, 0.15) is 24.0 Å². The molecule has 0 radical (unpaired) electrons. The maximum Gasteiger partial charge on any atom is 0.261 e. The fourth-order valence-electron chi connectivity index (χ4n) is 3.15. The van der Waals surface area contributed by atoms with E-state index in [2.05, 4.69) is 33.4 Å². The van der Waals surface area contributed by atoms with Gasteiger partial charge in [-0.1, -0.05) is 76.1 Å². The van der Waals surface area contributed by atoms with Crippen LogP contribution >= 0.6 is 15.9 Å². The number of nitriles is 1. The Balaban J connectivity index is 1.64. The van der Waals surface area contributed by atoms with Gasteiger partial charge in [-0.15, -0.1) is 0 Å². The Bertz CT molecular complexity index is 1120. The predicted octanol–water partition coefficient (Wildman–Crippen LogP) is 5.99. The molecule has 0 saturated carbocycles. The third-order valence-electron chi connectivity index (χ3n) is 4.92. The highest BCUT2D eigenvalue weighted by atomic mass is 79.9. The fraction of sp³-hybridized carbons (Fsp3) is 0.185. The molecule has 0 fully saturated rings.